The van der Waals surface area contributed by atoms with Crippen LogP contribution in [0.25, 0.3) is 0 Å². The molecule has 0 saturated carbocycles. The fourth-order valence-corrected chi connectivity index (χ4v) is 2.78. The molecule has 0 N–H and O–H groups in total. The van der Waals surface area contributed by atoms with E-state index >= 15 is 0 Å². The quantitative estimate of drug-likeness (QED) is 0.291. The van der Waals surface area contributed by atoms with E-state index in [-0.39, 0.29) is 24.7 Å². The molecule has 1 fully saturated rings. The van der Waals surface area contributed by atoms with Crippen molar-refractivity contribution < 1.29 is 43.7 Å². The summed E-state index contributed by atoms with van der Waals surface area (Å²) in [6.07, 6.45) is 2.58. The molecule has 1 saturated heterocycles. The van der Waals surface area contributed by atoms with Crippen molar-refractivity contribution in [3.8, 4) is 0 Å². The van der Waals surface area contributed by atoms with Gasteiger partial charge in [-0.25, -0.2) is 0 Å². The molecular weight excluding hydrogens is 342 g/mol. The van der Waals surface area contributed by atoms with Crippen molar-refractivity contribution in [2.24, 2.45) is 0 Å². The Morgan fingerprint density at radius 1 is 1.06 bits per heavy atom. The normalized spacial score (nSPS) is 20.0. The molecule has 89 valence electrons. The van der Waals surface area contributed by atoms with Crippen LogP contribution in [0, 0.1) is 0 Å². The summed E-state index contributed by atoms with van der Waals surface area (Å²) in [6.45, 7) is 0. The van der Waals surface area contributed by atoms with Crippen molar-refractivity contribution in [2.75, 3.05) is 0 Å². The Labute approximate surface area is 108 Å². The number of carbonyl (C=O) groups excluding carboxylic acids is 4. The zero-order valence-corrected chi connectivity index (χ0v) is 10.6. The molecule has 0 aromatic rings. The Kier molecular flexibility index (Phi) is 3.57. The molecule has 0 spiro atoms. The van der Waals surface area contributed by atoms with Gasteiger partial charge in [0.1, 0.15) is 0 Å². The summed E-state index contributed by atoms with van der Waals surface area (Å²) in [5, 5.41) is 2.00. The van der Waals surface area contributed by atoms with Crippen molar-refractivity contribution >= 4 is 28.9 Å². The second-order valence-corrected chi connectivity index (χ2v) is 4.68. The van der Waals surface area contributed by atoms with Gasteiger partial charge in [-0.3, -0.25) is 0 Å². The summed E-state index contributed by atoms with van der Waals surface area (Å²) < 4.78 is 5.00. The molecule has 0 unspecified atom stereocenters. The predicted octanol–water partition coefficient (Wildman–Crippen LogP) is -4.47. The first-order valence-electron chi connectivity index (χ1n) is 4.64. The van der Waals surface area contributed by atoms with Crippen molar-refractivity contribution in [1.82, 2.24) is 9.87 Å². The summed E-state index contributed by atoms with van der Waals surface area (Å²) in [6, 6.07) is 0. The summed E-state index contributed by atoms with van der Waals surface area (Å²) in [5.41, 5.74) is 0. The van der Waals surface area contributed by atoms with Crippen LogP contribution in [0.1, 0.15) is 12.8 Å². The first-order chi connectivity index (χ1) is 8.09. The molecule has 4 amide bonds. The zero-order chi connectivity index (χ0) is 12.4. The maximum atomic E-state index is 11.2. The van der Waals surface area contributed by atoms with Gasteiger partial charge >= 0.3 is 108 Å². The van der Waals surface area contributed by atoms with Crippen LogP contribution in [0.5, 0.6) is 0 Å². The van der Waals surface area contributed by atoms with Crippen LogP contribution in [0.2, 0.25) is 0 Å². The first kappa shape index (κ1) is 12.2. The van der Waals surface area contributed by atoms with Crippen LogP contribution in [0.4, 0.5) is 0 Å². The molecule has 2 rings (SSSR count). The van der Waals surface area contributed by atoms with E-state index in [1.165, 1.54) is 5.27 Å². The van der Waals surface area contributed by atoms with Gasteiger partial charge in [0.15, 0.2) is 0 Å². The average molecular weight is 348 g/mol. The monoisotopic (exact) mass is 348 g/mol. The molecule has 9 heteroatoms. The van der Waals surface area contributed by atoms with Crippen molar-refractivity contribution in [3.63, 3.8) is 0 Å². The molecule has 17 heavy (non-hydrogen) atoms. The summed E-state index contributed by atoms with van der Waals surface area (Å²) in [7, 11) is 0. The number of nitrogens with zero attached hydrogens (tertiary/aromatic N) is 2. The van der Waals surface area contributed by atoms with Crippen molar-refractivity contribution in [2.45, 2.75) is 12.8 Å². The number of hydrogen-bond acceptors (Lipinski definition) is 5. The Bertz CT molecular complexity index is 402. The van der Waals surface area contributed by atoms with Gasteiger partial charge in [-0.15, -0.1) is 0 Å². The van der Waals surface area contributed by atoms with Crippen LogP contribution in [-0.4, -0.2) is 38.8 Å². The molecule has 1 radical (unpaired) electrons. The van der Waals surface area contributed by atoms with Crippen LogP contribution in [-0.2, 0) is 22.3 Å². The average Bonchev–Trinajstić information content (AvgIpc) is 2.77. The van der Waals surface area contributed by atoms with Gasteiger partial charge in [0.05, 0.1) is 0 Å². The number of carbonyl (C=O) groups is 4. The van der Waals surface area contributed by atoms with Crippen LogP contribution in [0.15, 0.2) is 12.2 Å². The summed E-state index contributed by atoms with van der Waals surface area (Å²) in [5.74, 6) is -1.67. The van der Waals surface area contributed by atoms with Gasteiger partial charge in [-0.2, -0.15) is 0 Å². The zero-order valence-electron chi connectivity index (χ0n) is 8.46. The molecule has 2 heterocycles. The Morgan fingerprint density at radius 3 is 2.12 bits per heavy atom. The van der Waals surface area contributed by atoms with E-state index in [2.05, 4.69) is 0 Å². The van der Waals surface area contributed by atoms with Gasteiger partial charge in [0.25, 0.3) is 0 Å². The van der Waals surface area contributed by atoms with E-state index in [0.29, 0.717) is 5.06 Å². The number of hydroxylamine groups is 2. The molecule has 0 aromatic carbocycles. The SMILES string of the molecule is O=C1C=CC(=O)N1[B][I-]ON1C(=O)CCC1=O. The third-order valence-corrected chi connectivity index (χ3v) is 3.50. The van der Waals surface area contributed by atoms with Gasteiger partial charge < -0.3 is 0 Å². The van der Waals surface area contributed by atoms with Crippen LogP contribution >= 0.6 is 0 Å². The topological polar surface area (TPSA) is 84.0 Å². The number of hydrogen-bond donors (Lipinski definition) is 0. The molecule has 2 aliphatic rings. The van der Waals surface area contributed by atoms with Gasteiger partial charge in [-0.05, 0) is 0 Å². The van der Waals surface area contributed by atoms with E-state index < -0.39 is 33.2 Å². The standard InChI is InChI=1S/C8H6BIN2O5/c13-5-1-2-6(14)11(5)9-10-17-12-7(15)3-4-8(12)16/h1-2H,3-4H2/q-1. The summed E-state index contributed by atoms with van der Waals surface area (Å²) in [4.78, 5) is 45.5. The predicted molar refractivity (Wildman–Crippen MR) is 48.9 cm³/mol. The number of amides is 4. The minimum atomic E-state index is -1.21. The third-order valence-electron chi connectivity index (χ3n) is 2.10. The Hall–Kier alpha value is -1.23. The Morgan fingerprint density at radius 2 is 1.59 bits per heavy atom. The van der Waals surface area contributed by atoms with E-state index in [4.69, 9.17) is 3.17 Å². The van der Waals surface area contributed by atoms with Crippen molar-refractivity contribution in [1.29, 1.82) is 0 Å². The molecule has 7 nitrogen and oxygen atoms in total. The molecule has 0 atom stereocenters. The maximum absolute atomic E-state index is 11.2. The first-order valence-corrected chi connectivity index (χ1v) is 6.77. The molecule has 0 bridgehead atoms. The number of imide groups is 2. The number of rotatable bonds is 4. The summed E-state index contributed by atoms with van der Waals surface area (Å²) >= 11 is -1.21. The minimum absolute atomic E-state index is 0.145. The van der Waals surface area contributed by atoms with E-state index in [0.717, 1.165) is 17.0 Å². The van der Waals surface area contributed by atoms with Gasteiger partial charge in [0, 0.05) is 0 Å². The Balaban J connectivity index is 1.80. The fourth-order valence-electron chi connectivity index (χ4n) is 1.24. The fraction of sp³-hybridized carbons (Fsp3) is 0.250. The van der Waals surface area contributed by atoms with E-state index in [1.807, 2.05) is 0 Å². The number of halogens is 1. The van der Waals surface area contributed by atoms with Crippen molar-refractivity contribution in [3.05, 3.63) is 12.2 Å². The van der Waals surface area contributed by atoms with Gasteiger partial charge in [0.2, 0.25) is 0 Å². The van der Waals surface area contributed by atoms with E-state index in [1.54, 1.807) is 0 Å². The van der Waals surface area contributed by atoms with Crippen LogP contribution in [0.3, 0.4) is 0 Å². The van der Waals surface area contributed by atoms with E-state index in [9.17, 15) is 19.2 Å². The molecule has 0 aromatic heterocycles. The second kappa shape index (κ2) is 4.96. The molecular formula is C8H6BIN2O5-. The molecule has 2 aliphatic heterocycles. The van der Waals surface area contributed by atoms with Crippen LogP contribution < -0.4 is 21.4 Å². The molecule has 0 aliphatic carbocycles. The second-order valence-electron chi connectivity index (χ2n) is 3.22. The third kappa shape index (κ3) is 2.55. The van der Waals surface area contributed by atoms with Gasteiger partial charge in [-0.1, -0.05) is 0 Å².